The van der Waals surface area contributed by atoms with Crippen molar-refractivity contribution in [1.29, 1.82) is 0 Å². The molecule has 0 unspecified atom stereocenters. The Bertz CT molecular complexity index is 233. The van der Waals surface area contributed by atoms with E-state index in [4.69, 9.17) is 5.73 Å². The summed E-state index contributed by atoms with van der Waals surface area (Å²) in [6.45, 7) is 2.21. The Hall–Kier alpha value is -0.700. The maximum Gasteiger partial charge on any atom is 0.0961 e. The van der Waals surface area contributed by atoms with Gasteiger partial charge in [-0.15, -0.1) is 11.8 Å². The first-order valence-corrected chi connectivity index (χ1v) is 5.66. The van der Waals surface area contributed by atoms with Gasteiger partial charge in [0.15, 0.2) is 0 Å². The van der Waals surface area contributed by atoms with Crippen LogP contribution in [-0.4, -0.2) is 10.7 Å². The fraction of sp³-hybridized carbons (Fsp3) is 0.500. The standard InChI is InChI=1S/C10H16N2S/c1-2-3-4-7-13-10-6-5-9(11)8-12-10/h5-6,8H,2-4,7,11H2,1H3. The summed E-state index contributed by atoms with van der Waals surface area (Å²) in [4.78, 5) is 4.21. The van der Waals surface area contributed by atoms with E-state index in [0.29, 0.717) is 0 Å². The van der Waals surface area contributed by atoms with Gasteiger partial charge in [-0.1, -0.05) is 19.8 Å². The number of hydrogen-bond donors (Lipinski definition) is 1. The van der Waals surface area contributed by atoms with Crippen molar-refractivity contribution >= 4 is 17.4 Å². The number of aromatic nitrogens is 1. The Kier molecular flexibility index (Phi) is 4.68. The van der Waals surface area contributed by atoms with Gasteiger partial charge in [0.2, 0.25) is 0 Å². The Labute approximate surface area is 83.9 Å². The van der Waals surface area contributed by atoms with E-state index >= 15 is 0 Å². The van der Waals surface area contributed by atoms with Crippen LogP contribution in [0.2, 0.25) is 0 Å². The van der Waals surface area contributed by atoms with E-state index in [1.54, 1.807) is 18.0 Å². The molecule has 72 valence electrons. The van der Waals surface area contributed by atoms with Crippen LogP contribution in [0.4, 0.5) is 5.69 Å². The zero-order chi connectivity index (χ0) is 9.52. The third kappa shape index (κ3) is 4.18. The number of rotatable bonds is 5. The second-order valence-corrected chi connectivity index (χ2v) is 4.10. The van der Waals surface area contributed by atoms with E-state index in [9.17, 15) is 0 Å². The van der Waals surface area contributed by atoms with Crippen molar-refractivity contribution in [2.24, 2.45) is 0 Å². The smallest absolute Gasteiger partial charge is 0.0961 e. The van der Waals surface area contributed by atoms with Gasteiger partial charge in [0, 0.05) is 0 Å². The molecule has 1 aromatic rings. The number of unbranched alkanes of at least 4 members (excludes halogenated alkanes) is 2. The van der Waals surface area contributed by atoms with Crippen molar-refractivity contribution in [3.05, 3.63) is 18.3 Å². The van der Waals surface area contributed by atoms with Gasteiger partial charge >= 0.3 is 0 Å². The molecular weight excluding hydrogens is 180 g/mol. The maximum absolute atomic E-state index is 5.53. The zero-order valence-electron chi connectivity index (χ0n) is 7.99. The van der Waals surface area contributed by atoms with E-state index < -0.39 is 0 Å². The lowest BCUT2D eigenvalue weighted by Gasteiger charge is -1.99. The van der Waals surface area contributed by atoms with Crippen molar-refractivity contribution in [2.75, 3.05) is 11.5 Å². The molecule has 3 heteroatoms. The molecule has 0 atom stereocenters. The number of nitrogen functional groups attached to an aromatic ring is 1. The lowest BCUT2D eigenvalue weighted by Crippen LogP contribution is -1.87. The van der Waals surface area contributed by atoms with Gasteiger partial charge in [-0.05, 0) is 24.3 Å². The topological polar surface area (TPSA) is 38.9 Å². The highest BCUT2D eigenvalue weighted by molar-refractivity contribution is 7.99. The van der Waals surface area contributed by atoms with Gasteiger partial charge in [-0.25, -0.2) is 4.98 Å². The maximum atomic E-state index is 5.53. The second kappa shape index (κ2) is 5.86. The minimum atomic E-state index is 0.734. The predicted octanol–water partition coefficient (Wildman–Crippen LogP) is 2.95. The van der Waals surface area contributed by atoms with Crippen LogP contribution in [-0.2, 0) is 0 Å². The average molecular weight is 196 g/mol. The second-order valence-electron chi connectivity index (χ2n) is 2.99. The number of hydrogen-bond acceptors (Lipinski definition) is 3. The first-order chi connectivity index (χ1) is 6.33. The number of anilines is 1. The third-order valence-electron chi connectivity index (χ3n) is 1.76. The molecule has 1 rings (SSSR count). The van der Waals surface area contributed by atoms with Gasteiger partial charge in [-0.3, -0.25) is 0 Å². The van der Waals surface area contributed by atoms with Crippen LogP contribution < -0.4 is 5.73 Å². The summed E-state index contributed by atoms with van der Waals surface area (Å²) in [6, 6.07) is 3.88. The molecule has 13 heavy (non-hydrogen) atoms. The highest BCUT2D eigenvalue weighted by atomic mass is 32.2. The van der Waals surface area contributed by atoms with E-state index in [1.165, 1.54) is 19.3 Å². The fourth-order valence-corrected chi connectivity index (χ4v) is 1.86. The number of nitrogens with two attached hydrogens (primary N) is 1. The van der Waals surface area contributed by atoms with E-state index in [2.05, 4.69) is 11.9 Å². The van der Waals surface area contributed by atoms with Crippen LogP contribution in [0.25, 0.3) is 0 Å². The average Bonchev–Trinajstić information content (AvgIpc) is 2.15. The van der Waals surface area contributed by atoms with Gasteiger partial charge in [0.1, 0.15) is 0 Å². The zero-order valence-corrected chi connectivity index (χ0v) is 8.81. The summed E-state index contributed by atoms with van der Waals surface area (Å²) in [7, 11) is 0. The Morgan fingerprint density at radius 2 is 2.23 bits per heavy atom. The first-order valence-electron chi connectivity index (χ1n) is 4.67. The minimum Gasteiger partial charge on any atom is -0.397 e. The molecule has 0 aliphatic heterocycles. The summed E-state index contributed by atoms with van der Waals surface area (Å²) >= 11 is 1.80. The normalized spacial score (nSPS) is 10.2. The largest absolute Gasteiger partial charge is 0.397 e. The van der Waals surface area contributed by atoms with Gasteiger partial charge in [-0.2, -0.15) is 0 Å². The molecule has 0 saturated carbocycles. The van der Waals surface area contributed by atoms with Crippen molar-refractivity contribution < 1.29 is 0 Å². The molecule has 0 spiro atoms. The number of thioether (sulfide) groups is 1. The molecule has 0 amide bonds. The highest BCUT2D eigenvalue weighted by Gasteiger charge is 1.94. The molecule has 0 aliphatic rings. The highest BCUT2D eigenvalue weighted by Crippen LogP contribution is 2.17. The molecule has 2 nitrogen and oxygen atoms in total. The summed E-state index contributed by atoms with van der Waals surface area (Å²) in [5.74, 6) is 1.16. The molecule has 0 aromatic carbocycles. The van der Waals surface area contributed by atoms with Crippen molar-refractivity contribution in [3.63, 3.8) is 0 Å². The molecule has 1 aromatic heterocycles. The van der Waals surface area contributed by atoms with Gasteiger partial charge < -0.3 is 5.73 Å². The molecule has 2 N–H and O–H groups in total. The fourth-order valence-electron chi connectivity index (χ4n) is 1.01. The summed E-state index contributed by atoms with van der Waals surface area (Å²) in [5.41, 5.74) is 6.27. The summed E-state index contributed by atoms with van der Waals surface area (Å²) in [5, 5.41) is 1.07. The molecule has 1 heterocycles. The van der Waals surface area contributed by atoms with E-state index in [1.807, 2.05) is 12.1 Å². The van der Waals surface area contributed by atoms with Crippen molar-refractivity contribution in [1.82, 2.24) is 4.98 Å². The SMILES string of the molecule is CCCCCSc1ccc(N)cn1. The first kappa shape index (κ1) is 10.4. The molecule has 0 saturated heterocycles. The van der Waals surface area contributed by atoms with Crippen LogP contribution in [0.1, 0.15) is 26.2 Å². The lowest BCUT2D eigenvalue weighted by molar-refractivity contribution is 0.778. The Morgan fingerprint density at radius 1 is 1.38 bits per heavy atom. The van der Waals surface area contributed by atoms with E-state index in [-0.39, 0.29) is 0 Å². The number of nitrogens with zero attached hydrogens (tertiary/aromatic N) is 1. The van der Waals surface area contributed by atoms with Crippen LogP contribution in [0, 0.1) is 0 Å². The third-order valence-corrected chi connectivity index (χ3v) is 2.79. The monoisotopic (exact) mass is 196 g/mol. The van der Waals surface area contributed by atoms with Gasteiger partial charge in [0.25, 0.3) is 0 Å². The van der Waals surface area contributed by atoms with Crippen molar-refractivity contribution in [3.8, 4) is 0 Å². The molecule has 0 fully saturated rings. The van der Waals surface area contributed by atoms with Crippen LogP contribution >= 0.6 is 11.8 Å². The molecule has 0 aliphatic carbocycles. The number of pyridine rings is 1. The van der Waals surface area contributed by atoms with Crippen LogP contribution in [0.5, 0.6) is 0 Å². The van der Waals surface area contributed by atoms with Crippen molar-refractivity contribution in [2.45, 2.75) is 31.2 Å². The quantitative estimate of drug-likeness (QED) is 0.581. The summed E-state index contributed by atoms with van der Waals surface area (Å²) in [6.07, 6.45) is 5.56. The Morgan fingerprint density at radius 3 is 2.85 bits per heavy atom. The molecule has 0 radical (unpaired) electrons. The van der Waals surface area contributed by atoms with Crippen LogP contribution in [0.3, 0.4) is 0 Å². The minimum absolute atomic E-state index is 0.734. The van der Waals surface area contributed by atoms with E-state index in [0.717, 1.165) is 16.5 Å². The predicted molar refractivity (Wildman–Crippen MR) is 58.9 cm³/mol. The summed E-state index contributed by atoms with van der Waals surface area (Å²) < 4.78 is 0. The van der Waals surface area contributed by atoms with Gasteiger partial charge in [0.05, 0.1) is 16.9 Å². The lowest BCUT2D eigenvalue weighted by atomic mass is 10.3. The molecular formula is C10H16N2S. The Balaban J connectivity index is 2.25. The molecule has 0 bridgehead atoms. The van der Waals surface area contributed by atoms with Crippen LogP contribution in [0.15, 0.2) is 23.4 Å².